The van der Waals surface area contributed by atoms with E-state index in [9.17, 15) is 10.1 Å². The molecule has 6 heteroatoms. The molecule has 0 radical (unpaired) electrons. The van der Waals surface area contributed by atoms with E-state index in [1.165, 1.54) is 12.1 Å². The van der Waals surface area contributed by atoms with Crippen molar-refractivity contribution in [3.63, 3.8) is 0 Å². The smallest absolute Gasteiger partial charge is 0.271 e. The Hall–Kier alpha value is -1.59. The average Bonchev–Trinajstić information content (AvgIpc) is 2.39. The molecule has 0 saturated carbocycles. The van der Waals surface area contributed by atoms with Crippen LogP contribution in [-0.2, 0) is 6.54 Å². The maximum absolute atomic E-state index is 10.7. The molecule has 0 aromatic heterocycles. The van der Waals surface area contributed by atoms with Crippen LogP contribution in [0.15, 0.2) is 46.9 Å². The molecule has 0 aliphatic carbocycles. The van der Waals surface area contributed by atoms with Crippen molar-refractivity contribution in [3.8, 4) is 0 Å². The molecule has 2 aromatic carbocycles. The maximum atomic E-state index is 10.7. The summed E-state index contributed by atoms with van der Waals surface area (Å²) in [6, 6.07) is 12.0. The monoisotopic (exact) mass is 340 g/mol. The van der Waals surface area contributed by atoms with Crippen LogP contribution in [-0.4, -0.2) is 4.92 Å². The minimum Gasteiger partial charge on any atom is -0.380 e. The van der Waals surface area contributed by atoms with E-state index < -0.39 is 4.92 Å². The molecule has 0 unspecified atom stereocenters. The van der Waals surface area contributed by atoms with Gasteiger partial charge in [0, 0.05) is 28.2 Å². The molecule has 2 rings (SSSR count). The molecule has 0 atom stereocenters. The average molecular weight is 342 g/mol. The van der Waals surface area contributed by atoms with E-state index >= 15 is 0 Å². The third kappa shape index (κ3) is 3.45. The maximum Gasteiger partial charge on any atom is 0.271 e. The molecule has 0 spiro atoms. The second kappa shape index (κ2) is 6.04. The summed E-state index contributed by atoms with van der Waals surface area (Å²) in [5, 5.41) is 14.5. The number of hydrogen-bond donors (Lipinski definition) is 1. The molecule has 0 fully saturated rings. The molecule has 0 bridgehead atoms. The lowest BCUT2D eigenvalue weighted by atomic mass is 10.2. The van der Waals surface area contributed by atoms with Gasteiger partial charge in [0.2, 0.25) is 0 Å². The summed E-state index contributed by atoms with van der Waals surface area (Å²) in [6.07, 6.45) is 0. The summed E-state index contributed by atoms with van der Waals surface area (Å²) < 4.78 is 0.769. The SMILES string of the molecule is O=[N+]([O-])c1ccc(Br)c(NCc2ccccc2Cl)c1. The Bertz CT molecular complexity index is 619. The van der Waals surface area contributed by atoms with Crippen LogP contribution < -0.4 is 5.32 Å². The predicted octanol–water partition coefficient (Wildman–Crippen LogP) is 4.62. The normalized spacial score (nSPS) is 10.2. The Kier molecular flexibility index (Phi) is 4.39. The van der Waals surface area contributed by atoms with E-state index in [4.69, 9.17) is 11.6 Å². The number of hydrogen-bond acceptors (Lipinski definition) is 3. The van der Waals surface area contributed by atoms with Crippen molar-refractivity contribution in [3.05, 3.63) is 67.6 Å². The summed E-state index contributed by atoms with van der Waals surface area (Å²) in [5.74, 6) is 0. The Morgan fingerprint density at radius 2 is 2.00 bits per heavy atom. The zero-order valence-electron chi connectivity index (χ0n) is 9.77. The third-order valence-electron chi connectivity index (χ3n) is 2.59. The van der Waals surface area contributed by atoms with Crippen molar-refractivity contribution in [2.45, 2.75) is 6.54 Å². The summed E-state index contributed by atoms with van der Waals surface area (Å²) in [6.45, 7) is 0.499. The van der Waals surface area contributed by atoms with E-state index in [2.05, 4.69) is 21.2 Å². The van der Waals surface area contributed by atoms with E-state index in [-0.39, 0.29) is 5.69 Å². The number of nitro benzene ring substituents is 1. The van der Waals surface area contributed by atoms with Crippen molar-refractivity contribution in [2.75, 3.05) is 5.32 Å². The first-order valence-electron chi connectivity index (χ1n) is 5.49. The van der Waals surface area contributed by atoms with E-state index in [1.807, 2.05) is 18.2 Å². The van der Waals surface area contributed by atoms with Gasteiger partial charge in [-0.2, -0.15) is 0 Å². The van der Waals surface area contributed by atoms with Gasteiger partial charge in [-0.05, 0) is 33.6 Å². The molecule has 19 heavy (non-hydrogen) atoms. The lowest BCUT2D eigenvalue weighted by Crippen LogP contribution is -2.01. The van der Waals surface area contributed by atoms with E-state index in [0.29, 0.717) is 17.3 Å². The van der Waals surface area contributed by atoms with E-state index in [1.54, 1.807) is 12.1 Å². The number of nitrogens with zero attached hydrogens (tertiary/aromatic N) is 1. The molecule has 0 aliphatic heterocycles. The van der Waals surface area contributed by atoms with Crippen LogP contribution in [0.4, 0.5) is 11.4 Å². The number of benzene rings is 2. The zero-order valence-corrected chi connectivity index (χ0v) is 12.1. The number of anilines is 1. The lowest BCUT2D eigenvalue weighted by Gasteiger charge is -2.09. The molecular weight excluding hydrogens is 332 g/mol. The van der Waals surface area contributed by atoms with Gasteiger partial charge in [0.15, 0.2) is 0 Å². The van der Waals surface area contributed by atoms with Gasteiger partial charge in [0.05, 0.1) is 10.6 Å². The van der Waals surface area contributed by atoms with Gasteiger partial charge < -0.3 is 5.32 Å². The Morgan fingerprint density at radius 1 is 1.26 bits per heavy atom. The standard InChI is InChI=1S/C13H10BrClN2O2/c14-11-6-5-10(17(18)19)7-13(11)16-8-9-3-1-2-4-12(9)15/h1-7,16H,8H2. The summed E-state index contributed by atoms with van der Waals surface area (Å²) in [5.41, 5.74) is 1.64. The van der Waals surface area contributed by atoms with Gasteiger partial charge in [-0.1, -0.05) is 29.8 Å². The lowest BCUT2D eigenvalue weighted by molar-refractivity contribution is -0.384. The number of rotatable bonds is 4. The van der Waals surface area contributed by atoms with Gasteiger partial charge in [-0.15, -0.1) is 0 Å². The van der Waals surface area contributed by atoms with Crippen LogP contribution in [0.1, 0.15) is 5.56 Å². The third-order valence-corrected chi connectivity index (χ3v) is 3.65. The second-order valence-electron chi connectivity index (χ2n) is 3.87. The molecular formula is C13H10BrClN2O2. The largest absolute Gasteiger partial charge is 0.380 e. The predicted molar refractivity (Wildman–Crippen MR) is 79.6 cm³/mol. The molecule has 0 saturated heterocycles. The second-order valence-corrected chi connectivity index (χ2v) is 5.13. The highest BCUT2D eigenvalue weighted by atomic mass is 79.9. The van der Waals surface area contributed by atoms with Crippen LogP contribution in [0.2, 0.25) is 5.02 Å². The Morgan fingerprint density at radius 3 is 2.68 bits per heavy atom. The molecule has 1 N–H and O–H groups in total. The first-order chi connectivity index (χ1) is 9.08. The Labute approximate surface area is 123 Å². The van der Waals surface area contributed by atoms with Gasteiger partial charge in [0.25, 0.3) is 5.69 Å². The molecule has 2 aromatic rings. The van der Waals surface area contributed by atoms with Gasteiger partial charge in [-0.25, -0.2) is 0 Å². The van der Waals surface area contributed by atoms with Crippen LogP contribution in [0.3, 0.4) is 0 Å². The van der Waals surface area contributed by atoms with E-state index in [0.717, 1.165) is 10.0 Å². The minimum absolute atomic E-state index is 0.0462. The van der Waals surface area contributed by atoms with Crippen molar-refractivity contribution in [2.24, 2.45) is 0 Å². The number of nitro groups is 1. The highest BCUT2D eigenvalue weighted by Gasteiger charge is 2.09. The van der Waals surface area contributed by atoms with Crippen LogP contribution >= 0.6 is 27.5 Å². The number of non-ortho nitro benzene ring substituents is 1. The quantitative estimate of drug-likeness (QED) is 0.652. The zero-order chi connectivity index (χ0) is 13.8. The van der Waals surface area contributed by atoms with Crippen LogP contribution in [0, 0.1) is 10.1 Å². The van der Waals surface area contributed by atoms with Crippen LogP contribution in [0.5, 0.6) is 0 Å². The molecule has 4 nitrogen and oxygen atoms in total. The van der Waals surface area contributed by atoms with Gasteiger partial charge in [0.1, 0.15) is 0 Å². The fourth-order valence-electron chi connectivity index (χ4n) is 1.59. The highest BCUT2D eigenvalue weighted by Crippen LogP contribution is 2.28. The molecule has 0 heterocycles. The molecule has 0 amide bonds. The van der Waals surface area contributed by atoms with Gasteiger partial charge >= 0.3 is 0 Å². The topological polar surface area (TPSA) is 55.2 Å². The minimum atomic E-state index is -0.423. The van der Waals surface area contributed by atoms with Crippen molar-refractivity contribution >= 4 is 38.9 Å². The van der Waals surface area contributed by atoms with Crippen molar-refractivity contribution in [1.82, 2.24) is 0 Å². The Balaban J connectivity index is 2.17. The summed E-state index contributed by atoms with van der Waals surface area (Å²) in [4.78, 5) is 10.3. The first kappa shape index (κ1) is 13.8. The molecule has 0 aliphatic rings. The fraction of sp³-hybridized carbons (Fsp3) is 0.0769. The number of nitrogens with one attached hydrogen (secondary N) is 1. The highest BCUT2D eigenvalue weighted by molar-refractivity contribution is 9.10. The number of halogens is 2. The van der Waals surface area contributed by atoms with Crippen molar-refractivity contribution < 1.29 is 4.92 Å². The fourth-order valence-corrected chi connectivity index (χ4v) is 2.18. The van der Waals surface area contributed by atoms with Crippen molar-refractivity contribution in [1.29, 1.82) is 0 Å². The summed E-state index contributed by atoms with van der Waals surface area (Å²) in [7, 11) is 0. The van der Waals surface area contributed by atoms with Gasteiger partial charge in [-0.3, -0.25) is 10.1 Å². The van der Waals surface area contributed by atoms with Crippen LogP contribution in [0.25, 0.3) is 0 Å². The first-order valence-corrected chi connectivity index (χ1v) is 6.66. The molecule has 98 valence electrons. The summed E-state index contributed by atoms with van der Waals surface area (Å²) >= 11 is 9.41.